The first-order valence-electron chi connectivity index (χ1n) is 9.48. The maximum atomic E-state index is 12.3. The minimum atomic E-state index is -0.801. The average molecular weight is 412 g/mol. The molecule has 0 aliphatic carbocycles. The second kappa shape index (κ2) is 11.4. The van der Waals surface area contributed by atoms with Crippen LogP contribution >= 0.6 is 0 Å². The third-order valence-electron chi connectivity index (χ3n) is 3.99. The molecule has 0 saturated heterocycles. The van der Waals surface area contributed by atoms with E-state index in [-0.39, 0.29) is 42.8 Å². The maximum absolute atomic E-state index is 12.3. The van der Waals surface area contributed by atoms with E-state index < -0.39 is 6.16 Å². The molecule has 0 atom stereocenters. The predicted molar refractivity (Wildman–Crippen MR) is 110 cm³/mol. The normalized spacial score (nSPS) is 10.1. The Bertz CT molecular complexity index is 891. The van der Waals surface area contributed by atoms with Crippen molar-refractivity contribution in [2.75, 3.05) is 11.9 Å². The first-order chi connectivity index (χ1) is 14.4. The molecule has 0 heterocycles. The smallest absolute Gasteiger partial charge is 0.434 e. The molecule has 30 heavy (non-hydrogen) atoms. The topological polar surface area (TPSA) is 111 Å². The molecule has 8 nitrogen and oxygen atoms in total. The fourth-order valence-corrected chi connectivity index (χ4v) is 2.41. The summed E-state index contributed by atoms with van der Waals surface area (Å²) in [5.41, 5.74) is 1.86. The number of carbonyl (C=O) groups excluding carboxylic acids is 4. The number of hydrogen-bond donors (Lipinski definition) is 2. The molecule has 0 radical (unpaired) electrons. The minimum absolute atomic E-state index is 0.0218. The summed E-state index contributed by atoms with van der Waals surface area (Å²) in [6, 6.07) is 13.1. The van der Waals surface area contributed by atoms with Crippen molar-refractivity contribution in [2.24, 2.45) is 0 Å². The van der Waals surface area contributed by atoms with Gasteiger partial charge in [-0.05, 0) is 55.8 Å². The molecule has 0 unspecified atom stereocenters. The Morgan fingerprint density at radius 2 is 1.57 bits per heavy atom. The number of nitrogens with one attached hydrogen (secondary N) is 2. The lowest BCUT2D eigenvalue weighted by molar-refractivity contribution is -0.124. The van der Waals surface area contributed by atoms with E-state index in [1.807, 2.05) is 0 Å². The van der Waals surface area contributed by atoms with E-state index in [2.05, 4.69) is 15.4 Å². The van der Waals surface area contributed by atoms with Crippen LogP contribution in [0.4, 0.5) is 10.5 Å². The summed E-state index contributed by atoms with van der Waals surface area (Å²) >= 11 is 0. The molecule has 0 spiro atoms. The van der Waals surface area contributed by atoms with Crippen LogP contribution in [-0.4, -0.2) is 30.4 Å². The zero-order valence-electron chi connectivity index (χ0n) is 16.9. The van der Waals surface area contributed by atoms with Crippen LogP contribution in [-0.2, 0) is 20.9 Å². The maximum Gasteiger partial charge on any atom is 0.513 e. The van der Waals surface area contributed by atoms with Crippen molar-refractivity contribution in [1.82, 2.24) is 5.32 Å². The third-order valence-corrected chi connectivity index (χ3v) is 3.99. The van der Waals surface area contributed by atoms with Gasteiger partial charge in [0.15, 0.2) is 0 Å². The molecule has 8 heteroatoms. The van der Waals surface area contributed by atoms with Crippen LogP contribution in [0.3, 0.4) is 0 Å². The van der Waals surface area contributed by atoms with Crippen molar-refractivity contribution < 1.29 is 28.7 Å². The highest BCUT2D eigenvalue weighted by Gasteiger charge is 2.09. The standard InChI is InChI=1S/C22H24N2O6/c1-3-29-22(28)30-19-11-7-17(8-12-19)21(27)24-18-9-5-16(6-10-18)14-23-20(26)13-4-15(2)25/h5-12H,3-4,13-14H2,1-2H3,(H,23,26)(H,24,27). The number of ether oxygens (including phenoxy) is 2. The van der Waals surface area contributed by atoms with E-state index in [9.17, 15) is 19.2 Å². The Balaban J connectivity index is 1.84. The lowest BCUT2D eigenvalue weighted by Crippen LogP contribution is -2.23. The summed E-state index contributed by atoms with van der Waals surface area (Å²) in [5, 5.41) is 5.51. The SMILES string of the molecule is CCOC(=O)Oc1ccc(C(=O)Nc2ccc(CNC(=O)CCC(C)=O)cc2)cc1. The van der Waals surface area contributed by atoms with Crippen LogP contribution in [0.25, 0.3) is 0 Å². The van der Waals surface area contributed by atoms with Gasteiger partial charge in [0.1, 0.15) is 11.5 Å². The Kier molecular flexibility index (Phi) is 8.56. The van der Waals surface area contributed by atoms with E-state index in [4.69, 9.17) is 4.74 Å². The highest BCUT2D eigenvalue weighted by molar-refractivity contribution is 6.04. The Hall–Kier alpha value is -3.68. The quantitative estimate of drug-likeness (QED) is 0.482. The van der Waals surface area contributed by atoms with Crippen LogP contribution in [0.15, 0.2) is 48.5 Å². The second-order valence-electron chi connectivity index (χ2n) is 6.44. The molecular weight excluding hydrogens is 388 g/mol. The molecule has 2 rings (SSSR count). The molecule has 0 aliphatic rings. The molecular formula is C22H24N2O6. The summed E-state index contributed by atoms with van der Waals surface area (Å²) in [6.45, 7) is 3.68. The van der Waals surface area contributed by atoms with Crippen molar-refractivity contribution in [3.63, 3.8) is 0 Å². The Morgan fingerprint density at radius 1 is 0.900 bits per heavy atom. The van der Waals surface area contributed by atoms with Crippen molar-refractivity contribution in [3.05, 3.63) is 59.7 Å². The highest BCUT2D eigenvalue weighted by Crippen LogP contribution is 2.15. The first kappa shape index (κ1) is 22.6. The summed E-state index contributed by atoms with van der Waals surface area (Å²) in [4.78, 5) is 46.2. The molecule has 0 aromatic heterocycles. The largest absolute Gasteiger partial charge is 0.513 e. The molecule has 2 amide bonds. The number of anilines is 1. The van der Waals surface area contributed by atoms with Crippen LogP contribution in [0, 0.1) is 0 Å². The molecule has 2 aromatic carbocycles. The van der Waals surface area contributed by atoms with E-state index >= 15 is 0 Å². The Morgan fingerprint density at radius 3 is 2.17 bits per heavy atom. The van der Waals surface area contributed by atoms with Gasteiger partial charge in [0.05, 0.1) is 6.61 Å². The van der Waals surface area contributed by atoms with Gasteiger partial charge < -0.3 is 24.9 Å². The van der Waals surface area contributed by atoms with Crippen LogP contribution in [0.2, 0.25) is 0 Å². The van der Waals surface area contributed by atoms with Crippen molar-refractivity contribution >= 4 is 29.4 Å². The van der Waals surface area contributed by atoms with Gasteiger partial charge in [0, 0.05) is 30.6 Å². The van der Waals surface area contributed by atoms with Gasteiger partial charge in [-0.15, -0.1) is 0 Å². The van der Waals surface area contributed by atoms with Gasteiger partial charge in [-0.2, -0.15) is 0 Å². The van der Waals surface area contributed by atoms with Gasteiger partial charge in [-0.3, -0.25) is 9.59 Å². The number of benzene rings is 2. The van der Waals surface area contributed by atoms with E-state index in [0.29, 0.717) is 17.8 Å². The number of Topliss-reactive ketones (excluding diaryl/α,β-unsaturated/α-hetero) is 1. The molecule has 158 valence electrons. The summed E-state index contributed by atoms with van der Waals surface area (Å²) in [7, 11) is 0. The van der Waals surface area contributed by atoms with Crippen LogP contribution in [0.1, 0.15) is 42.6 Å². The van der Waals surface area contributed by atoms with Crippen LogP contribution < -0.4 is 15.4 Å². The average Bonchev–Trinajstić information content (AvgIpc) is 2.72. The molecule has 0 fully saturated rings. The number of carbonyl (C=O) groups is 4. The number of ketones is 1. The summed E-state index contributed by atoms with van der Waals surface area (Å²) in [6.07, 6.45) is -0.398. The third kappa shape index (κ3) is 7.75. The number of rotatable bonds is 9. The lowest BCUT2D eigenvalue weighted by Gasteiger charge is -2.08. The minimum Gasteiger partial charge on any atom is -0.434 e. The Labute approximate surface area is 174 Å². The van der Waals surface area contributed by atoms with Crippen molar-refractivity contribution in [3.8, 4) is 5.75 Å². The zero-order chi connectivity index (χ0) is 21.9. The monoisotopic (exact) mass is 412 g/mol. The summed E-state index contributed by atoms with van der Waals surface area (Å²) < 4.78 is 9.64. The predicted octanol–water partition coefficient (Wildman–Crippen LogP) is 3.46. The van der Waals surface area contributed by atoms with Crippen molar-refractivity contribution in [2.45, 2.75) is 33.2 Å². The van der Waals surface area contributed by atoms with Gasteiger partial charge in [0.2, 0.25) is 5.91 Å². The van der Waals surface area contributed by atoms with Gasteiger partial charge in [-0.25, -0.2) is 4.79 Å². The fraction of sp³-hybridized carbons (Fsp3) is 0.273. The fourth-order valence-electron chi connectivity index (χ4n) is 2.41. The van der Waals surface area contributed by atoms with Crippen LogP contribution in [0.5, 0.6) is 5.75 Å². The molecule has 0 aliphatic heterocycles. The van der Waals surface area contributed by atoms with Gasteiger partial charge >= 0.3 is 6.16 Å². The van der Waals surface area contributed by atoms with Crippen molar-refractivity contribution in [1.29, 1.82) is 0 Å². The number of hydrogen-bond acceptors (Lipinski definition) is 6. The van der Waals surface area contributed by atoms with Gasteiger partial charge in [0.25, 0.3) is 5.91 Å². The first-order valence-corrected chi connectivity index (χ1v) is 9.48. The van der Waals surface area contributed by atoms with E-state index in [1.54, 1.807) is 31.2 Å². The summed E-state index contributed by atoms with van der Waals surface area (Å²) in [5.74, 6) is -0.243. The molecule has 2 N–H and O–H groups in total. The molecule has 0 saturated carbocycles. The second-order valence-corrected chi connectivity index (χ2v) is 6.44. The molecule has 0 bridgehead atoms. The van der Waals surface area contributed by atoms with Gasteiger partial charge in [-0.1, -0.05) is 12.1 Å². The zero-order valence-corrected chi connectivity index (χ0v) is 16.9. The lowest BCUT2D eigenvalue weighted by atomic mass is 10.1. The van der Waals surface area contributed by atoms with E-state index in [0.717, 1.165) is 5.56 Å². The highest BCUT2D eigenvalue weighted by atomic mass is 16.7. The van der Waals surface area contributed by atoms with E-state index in [1.165, 1.54) is 31.2 Å². The number of amides is 2. The molecule has 2 aromatic rings.